The van der Waals surface area contributed by atoms with Crippen molar-refractivity contribution in [2.24, 2.45) is 5.41 Å². The zero-order valence-corrected chi connectivity index (χ0v) is 12.2. The highest BCUT2D eigenvalue weighted by molar-refractivity contribution is 6.04. The minimum atomic E-state index is -1.16. The van der Waals surface area contributed by atoms with E-state index in [2.05, 4.69) is 26.1 Å². The molecule has 108 valence electrons. The Kier molecular flexibility index (Phi) is 3.59. The van der Waals surface area contributed by atoms with E-state index >= 15 is 0 Å². The molecule has 2 rings (SSSR count). The lowest BCUT2D eigenvalue weighted by Crippen LogP contribution is -2.36. The molecule has 1 aliphatic carbocycles. The summed E-state index contributed by atoms with van der Waals surface area (Å²) in [6, 6.07) is 8.04. The Morgan fingerprint density at radius 3 is 2.15 bits per heavy atom. The van der Waals surface area contributed by atoms with Crippen molar-refractivity contribution in [2.45, 2.75) is 45.6 Å². The zero-order chi connectivity index (χ0) is 15.0. The molecule has 4 nitrogen and oxygen atoms in total. The maximum atomic E-state index is 11.9. The van der Waals surface area contributed by atoms with Gasteiger partial charge in [0.2, 0.25) is 5.91 Å². The van der Waals surface area contributed by atoms with Crippen LogP contribution in [0.2, 0.25) is 0 Å². The van der Waals surface area contributed by atoms with Gasteiger partial charge in [0, 0.05) is 6.54 Å². The van der Waals surface area contributed by atoms with Crippen LogP contribution >= 0.6 is 0 Å². The molecule has 1 aromatic rings. The van der Waals surface area contributed by atoms with Gasteiger partial charge in [-0.2, -0.15) is 0 Å². The summed E-state index contributed by atoms with van der Waals surface area (Å²) < 4.78 is 0. The molecular formula is C16H21NO3. The van der Waals surface area contributed by atoms with Gasteiger partial charge < -0.3 is 10.4 Å². The van der Waals surface area contributed by atoms with Gasteiger partial charge in [-0.25, -0.2) is 0 Å². The van der Waals surface area contributed by atoms with E-state index in [1.807, 2.05) is 24.3 Å². The fourth-order valence-corrected chi connectivity index (χ4v) is 2.14. The summed E-state index contributed by atoms with van der Waals surface area (Å²) in [4.78, 5) is 22.9. The Bertz CT molecular complexity index is 522. The first-order valence-corrected chi connectivity index (χ1v) is 6.87. The molecule has 1 saturated carbocycles. The SMILES string of the molecule is CC(C)(C)c1ccc(CNC(=O)C2(C(=O)O)CC2)cc1. The van der Waals surface area contributed by atoms with Gasteiger partial charge in [0.05, 0.1) is 0 Å². The van der Waals surface area contributed by atoms with Crippen LogP contribution in [0, 0.1) is 5.41 Å². The van der Waals surface area contributed by atoms with Crippen LogP contribution in [-0.4, -0.2) is 17.0 Å². The van der Waals surface area contributed by atoms with E-state index in [0.29, 0.717) is 19.4 Å². The predicted octanol–water partition coefficient (Wildman–Crippen LogP) is 2.47. The van der Waals surface area contributed by atoms with E-state index in [1.165, 1.54) is 5.56 Å². The average Bonchev–Trinajstić information content (AvgIpc) is 3.17. The van der Waals surface area contributed by atoms with E-state index in [0.717, 1.165) is 5.56 Å². The van der Waals surface area contributed by atoms with Crippen LogP contribution < -0.4 is 5.32 Å². The highest BCUT2D eigenvalue weighted by Crippen LogP contribution is 2.46. The predicted molar refractivity (Wildman–Crippen MR) is 76.3 cm³/mol. The minimum absolute atomic E-state index is 0.100. The maximum absolute atomic E-state index is 11.9. The van der Waals surface area contributed by atoms with E-state index in [9.17, 15) is 9.59 Å². The fourth-order valence-electron chi connectivity index (χ4n) is 2.14. The highest BCUT2D eigenvalue weighted by Gasteiger charge is 2.56. The van der Waals surface area contributed by atoms with Crippen molar-refractivity contribution >= 4 is 11.9 Å². The third-order valence-corrected chi connectivity index (χ3v) is 3.87. The number of carbonyl (C=O) groups is 2. The first kappa shape index (κ1) is 14.6. The number of amides is 1. The molecule has 2 N–H and O–H groups in total. The Labute approximate surface area is 119 Å². The van der Waals surface area contributed by atoms with E-state index in [-0.39, 0.29) is 11.3 Å². The number of hydrogen-bond donors (Lipinski definition) is 2. The van der Waals surface area contributed by atoms with Gasteiger partial charge in [-0.15, -0.1) is 0 Å². The number of carboxylic acid groups (broad SMARTS) is 1. The van der Waals surface area contributed by atoms with Crippen LogP contribution in [0.1, 0.15) is 44.7 Å². The van der Waals surface area contributed by atoms with Gasteiger partial charge in [-0.3, -0.25) is 9.59 Å². The lowest BCUT2D eigenvalue weighted by atomic mass is 9.87. The van der Waals surface area contributed by atoms with Crippen LogP contribution in [0.15, 0.2) is 24.3 Å². The Hall–Kier alpha value is -1.84. The number of rotatable bonds is 4. The highest BCUT2D eigenvalue weighted by atomic mass is 16.4. The second-order valence-corrected chi connectivity index (χ2v) is 6.52. The summed E-state index contributed by atoms with van der Waals surface area (Å²) in [5.41, 5.74) is 1.15. The van der Waals surface area contributed by atoms with Crippen molar-refractivity contribution < 1.29 is 14.7 Å². The third kappa shape index (κ3) is 2.84. The first-order valence-electron chi connectivity index (χ1n) is 6.87. The molecule has 0 atom stereocenters. The molecule has 0 aliphatic heterocycles. The summed E-state index contributed by atoms with van der Waals surface area (Å²) >= 11 is 0. The molecule has 0 spiro atoms. The van der Waals surface area contributed by atoms with Gasteiger partial charge in [0.25, 0.3) is 0 Å². The number of aliphatic carboxylic acids is 1. The zero-order valence-electron chi connectivity index (χ0n) is 12.2. The summed E-state index contributed by atoms with van der Waals surface area (Å²) in [7, 11) is 0. The van der Waals surface area contributed by atoms with Gasteiger partial charge in [-0.05, 0) is 29.4 Å². The van der Waals surface area contributed by atoms with Crippen molar-refractivity contribution in [3.8, 4) is 0 Å². The normalized spacial score (nSPS) is 16.6. The van der Waals surface area contributed by atoms with Crippen molar-refractivity contribution in [3.05, 3.63) is 35.4 Å². The fraction of sp³-hybridized carbons (Fsp3) is 0.500. The maximum Gasteiger partial charge on any atom is 0.319 e. The summed E-state index contributed by atoms with van der Waals surface area (Å²) in [5, 5.41) is 11.8. The van der Waals surface area contributed by atoms with E-state index in [4.69, 9.17) is 5.11 Å². The molecule has 20 heavy (non-hydrogen) atoms. The number of benzene rings is 1. The molecular weight excluding hydrogens is 254 g/mol. The lowest BCUT2D eigenvalue weighted by Gasteiger charge is -2.19. The second kappa shape index (κ2) is 4.93. The number of carbonyl (C=O) groups excluding carboxylic acids is 1. The van der Waals surface area contributed by atoms with Crippen molar-refractivity contribution in [2.75, 3.05) is 0 Å². The van der Waals surface area contributed by atoms with E-state index < -0.39 is 11.4 Å². The smallest absolute Gasteiger partial charge is 0.319 e. The van der Waals surface area contributed by atoms with Gasteiger partial charge in [-0.1, -0.05) is 45.0 Å². The largest absolute Gasteiger partial charge is 0.480 e. The van der Waals surface area contributed by atoms with Crippen LogP contribution in [0.3, 0.4) is 0 Å². The quantitative estimate of drug-likeness (QED) is 0.830. The van der Waals surface area contributed by atoms with Gasteiger partial charge in [0.15, 0.2) is 0 Å². The number of hydrogen-bond acceptors (Lipinski definition) is 2. The standard InChI is InChI=1S/C16H21NO3/c1-15(2,3)12-6-4-11(5-7-12)10-17-13(18)16(8-9-16)14(19)20/h4-7H,8-10H2,1-3H3,(H,17,18)(H,19,20). The minimum Gasteiger partial charge on any atom is -0.480 e. The molecule has 1 fully saturated rings. The molecule has 0 unspecified atom stereocenters. The lowest BCUT2D eigenvalue weighted by molar-refractivity contribution is -0.149. The Morgan fingerprint density at radius 2 is 1.75 bits per heavy atom. The third-order valence-electron chi connectivity index (χ3n) is 3.87. The van der Waals surface area contributed by atoms with Crippen molar-refractivity contribution in [1.82, 2.24) is 5.32 Å². The van der Waals surface area contributed by atoms with Crippen LogP contribution in [0.5, 0.6) is 0 Å². The summed E-state index contributed by atoms with van der Waals surface area (Å²) in [5.74, 6) is -1.39. The summed E-state index contributed by atoms with van der Waals surface area (Å²) in [6.07, 6.45) is 0.883. The molecule has 0 aromatic heterocycles. The molecule has 1 aliphatic rings. The van der Waals surface area contributed by atoms with Crippen LogP contribution in [-0.2, 0) is 21.5 Å². The van der Waals surface area contributed by atoms with Crippen LogP contribution in [0.25, 0.3) is 0 Å². The molecule has 1 amide bonds. The summed E-state index contributed by atoms with van der Waals surface area (Å²) in [6.45, 7) is 6.81. The molecule has 0 saturated heterocycles. The van der Waals surface area contributed by atoms with Crippen molar-refractivity contribution in [1.29, 1.82) is 0 Å². The molecule has 1 aromatic carbocycles. The number of nitrogens with one attached hydrogen (secondary N) is 1. The number of carboxylic acids is 1. The molecule has 0 radical (unpaired) electrons. The first-order chi connectivity index (χ1) is 9.25. The molecule has 0 heterocycles. The van der Waals surface area contributed by atoms with Crippen molar-refractivity contribution in [3.63, 3.8) is 0 Å². The van der Waals surface area contributed by atoms with Gasteiger partial charge >= 0.3 is 5.97 Å². The topological polar surface area (TPSA) is 66.4 Å². The van der Waals surface area contributed by atoms with E-state index in [1.54, 1.807) is 0 Å². The molecule has 4 heteroatoms. The second-order valence-electron chi connectivity index (χ2n) is 6.52. The van der Waals surface area contributed by atoms with Crippen LogP contribution in [0.4, 0.5) is 0 Å². The Balaban J connectivity index is 1.95. The molecule has 0 bridgehead atoms. The average molecular weight is 275 g/mol. The monoisotopic (exact) mass is 275 g/mol. The van der Waals surface area contributed by atoms with Gasteiger partial charge in [0.1, 0.15) is 5.41 Å². The Morgan fingerprint density at radius 1 is 1.20 bits per heavy atom.